The van der Waals surface area contributed by atoms with E-state index in [1.165, 1.54) is 11.8 Å². The summed E-state index contributed by atoms with van der Waals surface area (Å²) in [5, 5.41) is 3.85. The monoisotopic (exact) mass is 395 g/mol. The summed E-state index contributed by atoms with van der Waals surface area (Å²) in [4.78, 5) is 25.5. The van der Waals surface area contributed by atoms with Crippen LogP contribution in [0.1, 0.15) is 41.9 Å². The molecule has 0 saturated carbocycles. The Morgan fingerprint density at radius 1 is 1.18 bits per heavy atom. The topological polar surface area (TPSA) is 72.7 Å². The van der Waals surface area contributed by atoms with Crippen LogP contribution in [0.4, 0.5) is 0 Å². The summed E-state index contributed by atoms with van der Waals surface area (Å²) in [6.07, 6.45) is 8.44. The van der Waals surface area contributed by atoms with E-state index in [1.807, 2.05) is 62.1 Å². The van der Waals surface area contributed by atoms with Crippen molar-refractivity contribution in [3.05, 3.63) is 65.5 Å². The van der Waals surface area contributed by atoms with Crippen molar-refractivity contribution in [3.63, 3.8) is 0 Å². The van der Waals surface area contributed by atoms with Gasteiger partial charge in [-0.2, -0.15) is 0 Å². The Hall–Kier alpha value is -2.67. The SMILES string of the molecule is CSc1nc(C)c(CCC(=O)N[C@H](C)c2ccc(-n3ccnc3)cc2)c(C)n1. The Balaban J connectivity index is 1.57. The van der Waals surface area contributed by atoms with Crippen molar-refractivity contribution in [3.8, 4) is 5.69 Å². The highest BCUT2D eigenvalue weighted by Crippen LogP contribution is 2.18. The zero-order valence-corrected chi connectivity index (χ0v) is 17.5. The van der Waals surface area contributed by atoms with Gasteiger partial charge in [0.15, 0.2) is 5.16 Å². The van der Waals surface area contributed by atoms with Crippen LogP contribution >= 0.6 is 11.8 Å². The number of rotatable bonds is 7. The molecular weight excluding hydrogens is 370 g/mol. The maximum Gasteiger partial charge on any atom is 0.220 e. The number of hydrogen-bond donors (Lipinski definition) is 1. The zero-order chi connectivity index (χ0) is 20.1. The van der Waals surface area contributed by atoms with Gasteiger partial charge in [-0.25, -0.2) is 15.0 Å². The number of aromatic nitrogens is 4. The molecule has 1 amide bonds. The molecule has 7 heteroatoms. The second kappa shape index (κ2) is 9.01. The van der Waals surface area contributed by atoms with Gasteiger partial charge in [0.2, 0.25) is 5.91 Å². The van der Waals surface area contributed by atoms with Gasteiger partial charge in [0.1, 0.15) is 0 Å². The molecule has 146 valence electrons. The van der Waals surface area contributed by atoms with E-state index in [0.29, 0.717) is 12.8 Å². The number of aryl methyl sites for hydroxylation is 2. The molecule has 0 saturated heterocycles. The Morgan fingerprint density at radius 2 is 1.86 bits per heavy atom. The summed E-state index contributed by atoms with van der Waals surface area (Å²) in [5.41, 5.74) is 5.07. The molecule has 3 rings (SSSR count). The summed E-state index contributed by atoms with van der Waals surface area (Å²) in [5.74, 6) is 0.0268. The number of benzene rings is 1. The number of carbonyl (C=O) groups excluding carboxylic acids is 1. The maximum atomic E-state index is 12.4. The molecule has 0 aliphatic carbocycles. The molecule has 1 atom stereocenters. The van der Waals surface area contributed by atoms with E-state index in [4.69, 9.17) is 0 Å². The van der Waals surface area contributed by atoms with Gasteiger partial charge in [0, 0.05) is 35.9 Å². The van der Waals surface area contributed by atoms with Crippen LogP contribution in [-0.2, 0) is 11.2 Å². The maximum absolute atomic E-state index is 12.4. The largest absolute Gasteiger partial charge is 0.350 e. The molecule has 3 aromatic rings. The molecule has 28 heavy (non-hydrogen) atoms. The van der Waals surface area contributed by atoms with Gasteiger partial charge in [-0.15, -0.1) is 0 Å². The van der Waals surface area contributed by atoms with E-state index in [-0.39, 0.29) is 11.9 Å². The van der Waals surface area contributed by atoms with Crippen LogP contribution in [0.25, 0.3) is 5.69 Å². The molecule has 2 aromatic heterocycles. The summed E-state index contributed by atoms with van der Waals surface area (Å²) >= 11 is 1.53. The van der Waals surface area contributed by atoms with E-state index in [2.05, 4.69) is 20.3 Å². The minimum Gasteiger partial charge on any atom is -0.350 e. The second-order valence-corrected chi connectivity index (χ2v) is 7.48. The molecule has 0 aliphatic heterocycles. The fourth-order valence-electron chi connectivity index (χ4n) is 3.14. The molecule has 0 fully saturated rings. The van der Waals surface area contributed by atoms with Gasteiger partial charge in [0.05, 0.1) is 12.4 Å². The van der Waals surface area contributed by atoms with Gasteiger partial charge in [0.25, 0.3) is 0 Å². The molecule has 2 heterocycles. The third-order valence-corrected chi connectivity index (χ3v) is 5.31. The minimum absolute atomic E-state index is 0.0268. The molecule has 1 N–H and O–H groups in total. The highest BCUT2D eigenvalue weighted by Gasteiger charge is 2.13. The first kappa shape index (κ1) is 20.1. The first-order valence-electron chi connectivity index (χ1n) is 9.23. The lowest BCUT2D eigenvalue weighted by Gasteiger charge is -2.16. The van der Waals surface area contributed by atoms with Crippen LogP contribution in [-0.4, -0.2) is 31.7 Å². The Morgan fingerprint density at radius 3 is 2.43 bits per heavy atom. The van der Waals surface area contributed by atoms with Crippen molar-refractivity contribution in [1.82, 2.24) is 24.8 Å². The lowest BCUT2D eigenvalue weighted by molar-refractivity contribution is -0.121. The van der Waals surface area contributed by atoms with Gasteiger partial charge in [-0.1, -0.05) is 23.9 Å². The van der Waals surface area contributed by atoms with E-state index < -0.39 is 0 Å². The van der Waals surface area contributed by atoms with Crippen LogP contribution in [0.15, 0.2) is 48.1 Å². The first-order chi connectivity index (χ1) is 13.5. The number of nitrogens with zero attached hydrogens (tertiary/aromatic N) is 4. The molecule has 6 nitrogen and oxygen atoms in total. The first-order valence-corrected chi connectivity index (χ1v) is 10.5. The van der Waals surface area contributed by atoms with E-state index in [9.17, 15) is 4.79 Å². The van der Waals surface area contributed by atoms with Gasteiger partial charge in [-0.05, 0) is 56.7 Å². The van der Waals surface area contributed by atoms with Crippen molar-refractivity contribution in [2.75, 3.05) is 6.26 Å². The molecule has 0 radical (unpaired) electrons. The fraction of sp³-hybridized carbons (Fsp3) is 0.333. The quantitative estimate of drug-likeness (QED) is 0.486. The average Bonchev–Trinajstić information content (AvgIpc) is 3.22. The molecule has 1 aromatic carbocycles. The molecule has 0 aliphatic rings. The van der Waals surface area contributed by atoms with E-state index in [0.717, 1.165) is 33.4 Å². The van der Waals surface area contributed by atoms with E-state index >= 15 is 0 Å². The van der Waals surface area contributed by atoms with E-state index in [1.54, 1.807) is 12.5 Å². The summed E-state index contributed by atoms with van der Waals surface area (Å²) in [6, 6.07) is 8.06. The van der Waals surface area contributed by atoms with Crippen LogP contribution in [0.5, 0.6) is 0 Å². The van der Waals surface area contributed by atoms with Crippen molar-refractivity contribution >= 4 is 17.7 Å². The number of thioether (sulfide) groups is 1. The second-order valence-electron chi connectivity index (χ2n) is 6.71. The van der Waals surface area contributed by atoms with Crippen LogP contribution in [0.3, 0.4) is 0 Å². The Kier molecular flexibility index (Phi) is 6.46. The Bertz CT molecular complexity index is 915. The smallest absolute Gasteiger partial charge is 0.220 e. The van der Waals surface area contributed by atoms with Crippen molar-refractivity contribution in [2.45, 2.75) is 44.8 Å². The van der Waals surface area contributed by atoms with Crippen molar-refractivity contribution in [2.24, 2.45) is 0 Å². The molecular formula is C21H25N5OS. The van der Waals surface area contributed by atoms with Gasteiger partial charge in [-0.3, -0.25) is 4.79 Å². The molecule has 0 unspecified atom stereocenters. The third-order valence-electron chi connectivity index (χ3n) is 4.76. The standard InChI is InChI=1S/C21H25N5OS/c1-14(17-5-7-18(8-6-17)26-12-11-22-13-26)23-20(27)10-9-19-15(2)24-21(28-4)25-16(19)3/h5-8,11-14H,9-10H2,1-4H3,(H,23,27)/t14-/m1/s1. The number of amides is 1. The number of nitrogens with one attached hydrogen (secondary N) is 1. The summed E-state index contributed by atoms with van der Waals surface area (Å²) < 4.78 is 1.95. The lowest BCUT2D eigenvalue weighted by atomic mass is 10.1. The summed E-state index contributed by atoms with van der Waals surface area (Å²) in [6.45, 7) is 5.95. The predicted octanol–water partition coefficient (Wildman–Crippen LogP) is 3.81. The predicted molar refractivity (Wildman–Crippen MR) is 112 cm³/mol. The molecule has 0 spiro atoms. The number of carbonyl (C=O) groups is 1. The normalized spacial score (nSPS) is 12.0. The minimum atomic E-state index is -0.0540. The summed E-state index contributed by atoms with van der Waals surface area (Å²) in [7, 11) is 0. The fourth-order valence-corrected chi connectivity index (χ4v) is 3.60. The molecule has 0 bridgehead atoms. The zero-order valence-electron chi connectivity index (χ0n) is 16.6. The van der Waals surface area contributed by atoms with Gasteiger partial charge < -0.3 is 9.88 Å². The Labute approximate surface area is 169 Å². The van der Waals surface area contributed by atoms with Crippen molar-refractivity contribution < 1.29 is 4.79 Å². The average molecular weight is 396 g/mol. The highest BCUT2D eigenvalue weighted by molar-refractivity contribution is 7.98. The van der Waals surface area contributed by atoms with Crippen LogP contribution in [0.2, 0.25) is 0 Å². The van der Waals surface area contributed by atoms with Crippen LogP contribution in [0, 0.1) is 13.8 Å². The lowest BCUT2D eigenvalue weighted by Crippen LogP contribution is -2.27. The third kappa shape index (κ3) is 4.78. The highest BCUT2D eigenvalue weighted by atomic mass is 32.2. The van der Waals surface area contributed by atoms with Gasteiger partial charge >= 0.3 is 0 Å². The van der Waals surface area contributed by atoms with Crippen LogP contribution < -0.4 is 5.32 Å². The number of hydrogen-bond acceptors (Lipinski definition) is 5. The number of imidazole rings is 1. The van der Waals surface area contributed by atoms with Crippen molar-refractivity contribution in [1.29, 1.82) is 0 Å².